The Balaban J connectivity index is 2.39. The smallest absolute Gasteiger partial charge is 0.109 e. The van der Waals surface area contributed by atoms with Gasteiger partial charge in [-0.05, 0) is 19.8 Å². The van der Waals surface area contributed by atoms with Gasteiger partial charge in [0.25, 0.3) is 0 Å². The Morgan fingerprint density at radius 1 is 1.44 bits per heavy atom. The van der Waals surface area contributed by atoms with Crippen molar-refractivity contribution in [1.82, 2.24) is 14.9 Å². The molecule has 0 radical (unpaired) electrons. The lowest BCUT2D eigenvalue weighted by Crippen LogP contribution is -2.25. The van der Waals surface area contributed by atoms with Crippen LogP contribution in [0, 0.1) is 0 Å². The monoisotopic (exact) mass is 221 g/mol. The minimum Gasteiger partial charge on any atom is -0.329 e. The zero-order chi connectivity index (χ0) is 11.5. The fourth-order valence-electron chi connectivity index (χ4n) is 2.49. The standard InChI is InChI=1S/C13H23N3/c1-4-6-13-15-11-9-14-8-7-12(11)16(13)10(3)5-2/h10,14H,4-9H2,1-3H3. The van der Waals surface area contributed by atoms with Gasteiger partial charge >= 0.3 is 0 Å². The Kier molecular flexibility index (Phi) is 3.64. The van der Waals surface area contributed by atoms with Gasteiger partial charge in [0.2, 0.25) is 0 Å². The minimum atomic E-state index is 0.593. The third-order valence-electron chi connectivity index (χ3n) is 3.50. The molecule has 0 aromatic carbocycles. The van der Waals surface area contributed by atoms with E-state index >= 15 is 0 Å². The maximum Gasteiger partial charge on any atom is 0.109 e. The van der Waals surface area contributed by atoms with Crippen molar-refractivity contribution in [3.05, 3.63) is 17.2 Å². The average Bonchev–Trinajstić information content (AvgIpc) is 2.66. The maximum atomic E-state index is 4.81. The van der Waals surface area contributed by atoms with Gasteiger partial charge in [-0.1, -0.05) is 13.8 Å². The lowest BCUT2D eigenvalue weighted by atomic mass is 10.1. The topological polar surface area (TPSA) is 29.9 Å². The van der Waals surface area contributed by atoms with Crippen LogP contribution >= 0.6 is 0 Å². The van der Waals surface area contributed by atoms with Crippen LogP contribution in [0.3, 0.4) is 0 Å². The predicted molar refractivity (Wildman–Crippen MR) is 66.6 cm³/mol. The largest absolute Gasteiger partial charge is 0.329 e. The van der Waals surface area contributed by atoms with Crippen LogP contribution in [0.5, 0.6) is 0 Å². The highest BCUT2D eigenvalue weighted by Gasteiger charge is 2.21. The second kappa shape index (κ2) is 5.00. The Labute approximate surface area is 98.3 Å². The molecule has 1 aliphatic heterocycles. The van der Waals surface area contributed by atoms with Crippen LogP contribution in [0.1, 0.15) is 56.9 Å². The highest BCUT2D eigenvalue weighted by atomic mass is 15.1. The number of fused-ring (bicyclic) bond motifs is 1. The van der Waals surface area contributed by atoms with Gasteiger partial charge in [-0.15, -0.1) is 0 Å². The van der Waals surface area contributed by atoms with E-state index in [9.17, 15) is 0 Å². The van der Waals surface area contributed by atoms with E-state index in [0.29, 0.717) is 6.04 Å². The highest BCUT2D eigenvalue weighted by Crippen LogP contribution is 2.23. The van der Waals surface area contributed by atoms with E-state index in [-0.39, 0.29) is 0 Å². The molecule has 0 amide bonds. The molecule has 0 saturated carbocycles. The van der Waals surface area contributed by atoms with Crippen molar-refractivity contribution in [2.45, 2.75) is 59.0 Å². The quantitative estimate of drug-likeness (QED) is 0.846. The first kappa shape index (κ1) is 11.6. The molecule has 0 bridgehead atoms. The summed E-state index contributed by atoms with van der Waals surface area (Å²) >= 11 is 0. The van der Waals surface area contributed by atoms with Crippen molar-refractivity contribution >= 4 is 0 Å². The van der Waals surface area contributed by atoms with Crippen molar-refractivity contribution in [2.75, 3.05) is 6.54 Å². The summed E-state index contributed by atoms with van der Waals surface area (Å²) in [5, 5.41) is 3.40. The van der Waals surface area contributed by atoms with Crippen LogP contribution in [0.15, 0.2) is 0 Å². The zero-order valence-electron chi connectivity index (χ0n) is 10.7. The molecular weight excluding hydrogens is 198 g/mol. The summed E-state index contributed by atoms with van der Waals surface area (Å²) in [5.41, 5.74) is 2.77. The van der Waals surface area contributed by atoms with Crippen LogP contribution in [-0.2, 0) is 19.4 Å². The molecule has 3 nitrogen and oxygen atoms in total. The predicted octanol–water partition coefficient (Wildman–Crippen LogP) is 2.45. The van der Waals surface area contributed by atoms with E-state index in [0.717, 1.165) is 25.9 Å². The second-order valence-electron chi connectivity index (χ2n) is 4.73. The molecule has 1 aromatic heterocycles. The van der Waals surface area contributed by atoms with Crippen molar-refractivity contribution in [1.29, 1.82) is 0 Å². The fraction of sp³-hybridized carbons (Fsp3) is 0.769. The molecule has 0 fully saturated rings. The number of hydrogen-bond acceptors (Lipinski definition) is 2. The van der Waals surface area contributed by atoms with Crippen molar-refractivity contribution in [3.63, 3.8) is 0 Å². The molecule has 90 valence electrons. The summed E-state index contributed by atoms with van der Waals surface area (Å²) in [4.78, 5) is 4.81. The number of aryl methyl sites for hydroxylation is 1. The minimum absolute atomic E-state index is 0.593. The molecule has 1 atom stereocenters. The molecule has 3 heteroatoms. The molecule has 1 aliphatic rings. The van der Waals surface area contributed by atoms with Crippen LogP contribution in [-0.4, -0.2) is 16.1 Å². The molecule has 2 heterocycles. The maximum absolute atomic E-state index is 4.81. The van der Waals surface area contributed by atoms with Crippen molar-refractivity contribution in [2.24, 2.45) is 0 Å². The van der Waals surface area contributed by atoms with Gasteiger partial charge < -0.3 is 9.88 Å². The highest BCUT2D eigenvalue weighted by molar-refractivity contribution is 5.21. The number of hydrogen-bond donors (Lipinski definition) is 1. The first-order valence-electron chi connectivity index (χ1n) is 6.57. The Bertz CT molecular complexity index is 354. The summed E-state index contributed by atoms with van der Waals surface area (Å²) in [6.07, 6.45) is 4.61. The van der Waals surface area contributed by atoms with E-state index in [1.807, 2.05) is 0 Å². The molecule has 1 unspecified atom stereocenters. The summed E-state index contributed by atoms with van der Waals surface area (Å²) in [7, 11) is 0. The van der Waals surface area contributed by atoms with E-state index < -0.39 is 0 Å². The molecular formula is C13H23N3. The zero-order valence-corrected chi connectivity index (χ0v) is 10.7. The SMILES string of the molecule is CCCc1nc2c(n1C(C)CC)CCNC2. The van der Waals surface area contributed by atoms with Gasteiger partial charge in [-0.2, -0.15) is 0 Å². The summed E-state index contributed by atoms with van der Waals surface area (Å²) < 4.78 is 2.50. The molecule has 0 aliphatic carbocycles. The summed E-state index contributed by atoms with van der Waals surface area (Å²) in [5.74, 6) is 1.30. The summed E-state index contributed by atoms with van der Waals surface area (Å²) in [6, 6.07) is 0.593. The number of nitrogens with zero attached hydrogens (tertiary/aromatic N) is 2. The fourth-order valence-corrected chi connectivity index (χ4v) is 2.49. The summed E-state index contributed by atoms with van der Waals surface area (Å²) in [6.45, 7) is 8.85. The Morgan fingerprint density at radius 3 is 2.94 bits per heavy atom. The lowest BCUT2D eigenvalue weighted by Gasteiger charge is -2.20. The average molecular weight is 221 g/mol. The molecule has 1 aromatic rings. The van der Waals surface area contributed by atoms with Crippen LogP contribution in [0.25, 0.3) is 0 Å². The first-order valence-corrected chi connectivity index (χ1v) is 6.57. The lowest BCUT2D eigenvalue weighted by molar-refractivity contribution is 0.479. The number of nitrogens with one attached hydrogen (secondary N) is 1. The Hall–Kier alpha value is -0.830. The van der Waals surface area contributed by atoms with Gasteiger partial charge in [-0.25, -0.2) is 4.98 Å². The van der Waals surface area contributed by atoms with Gasteiger partial charge in [0, 0.05) is 37.7 Å². The molecule has 1 N–H and O–H groups in total. The molecule has 2 rings (SSSR count). The molecule has 16 heavy (non-hydrogen) atoms. The number of aromatic nitrogens is 2. The van der Waals surface area contributed by atoms with E-state index in [1.165, 1.54) is 30.1 Å². The second-order valence-corrected chi connectivity index (χ2v) is 4.73. The normalized spacial score (nSPS) is 17.2. The van der Waals surface area contributed by atoms with E-state index in [1.54, 1.807) is 0 Å². The van der Waals surface area contributed by atoms with Crippen molar-refractivity contribution in [3.8, 4) is 0 Å². The van der Waals surface area contributed by atoms with Gasteiger partial charge in [-0.3, -0.25) is 0 Å². The van der Waals surface area contributed by atoms with Gasteiger partial charge in [0.15, 0.2) is 0 Å². The van der Waals surface area contributed by atoms with E-state index in [2.05, 4.69) is 30.7 Å². The number of imidazole rings is 1. The van der Waals surface area contributed by atoms with Gasteiger partial charge in [0.1, 0.15) is 5.82 Å². The van der Waals surface area contributed by atoms with Crippen LogP contribution in [0.4, 0.5) is 0 Å². The molecule has 0 saturated heterocycles. The van der Waals surface area contributed by atoms with Gasteiger partial charge in [0.05, 0.1) is 5.69 Å². The van der Waals surface area contributed by atoms with E-state index in [4.69, 9.17) is 4.98 Å². The third kappa shape index (κ3) is 2.01. The first-order chi connectivity index (χ1) is 7.77. The number of rotatable bonds is 4. The van der Waals surface area contributed by atoms with Crippen LogP contribution < -0.4 is 5.32 Å². The molecule has 0 spiro atoms. The van der Waals surface area contributed by atoms with Crippen LogP contribution in [0.2, 0.25) is 0 Å². The Morgan fingerprint density at radius 2 is 2.25 bits per heavy atom. The third-order valence-corrected chi connectivity index (χ3v) is 3.50. The van der Waals surface area contributed by atoms with Crippen molar-refractivity contribution < 1.29 is 0 Å².